The lowest BCUT2D eigenvalue weighted by atomic mass is 10.2. The molecule has 1 amide bonds. The van der Waals surface area contributed by atoms with E-state index >= 15 is 0 Å². The fourth-order valence-electron chi connectivity index (χ4n) is 2.41. The van der Waals surface area contributed by atoms with E-state index in [-0.39, 0.29) is 11.9 Å². The number of halogens is 1. The van der Waals surface area contributed by atoms with Crippen molar-refractivity contribution in [3.8, 4) is 5.88 Å². The lowest BCUT2D eigenvalue weighted by Crippen LogP contribution is -2.35. The predicted octanol–water partition coefficient (Wildman–Crippen LogP) is 4.27. The quantitative estimate of drug-likeness (QED) is 0.800. The summed E-state index contributed by atoms with van der Waals surface area (Å²) in [6, 6.07) is 10.7. The average Bonchev–Trinajstić information content (AvgIpc) is 3.03. The lowest BCUT2D eigenvalue weighted by molar-refractivity contribution is 0.0998. The van der Waals surface area contributed by atoms with E-state index in [4.69, 9.17) is 16.3 Å². The molecule has 2 heterocycles. The molecule has 25 heavy (non-hydrogen) atoms. The van der Waals surface area contributed by atoms with Crippen molar-refractivity contribution in [3.63, 3.8) is 0 Å². The van der Waals surface area contributed by atoms with E-state index in [0.717, 1.165) is 5.75 Å². The van der Waals surface area contributed by atoms with Crippen molar-refractivity contribution >= 4 is 40.1 Å². The molecule has 1 atom stereocenters. The van der Waals surface area contributed by atoms with Crippen LogP contribution in [0.2, 0.25) is 5.02 Å². The molecular weight excluding hydrogens is 358 g/mol. The average molecular weight is 376 g/mol. The number of carbonyl (C=O) groups is 1. The summed E-state index contributed by atoms with van der Waals surface area (Å²) in [5.41, 5.74) is 1.11. The first kappa shape index (κ1) is 17.8. The van der Waals surface area contributed by atoms with Gasteiger partial charge in [-0.2, -0.15) is 0 Å². The highest BCUT2D eigenvalue weighted by Crippen LogP contribution is 2.29. The van der Waals surface area contributed by atoms with Crippen molar-refractivity contribution in [2.75, 3.05) is 17.3 Å². The topological polar surface area (TPSA) is 54.8 Å². The molecule has 5 nitrogen and oxygen atoms in total. The Hall–Kier alpha value is -2.05. The van der Waals surface area contributed by atoms with Crippen LogP contribution in [0.25, 0.3) is 0 Å². The fourth-order valence-corrected chi connectivity index (χ4v) is 3.57. The van der Waals surface area contributed by atoms with Crippen molar-refractivity contribution in [2.24, 2.45) is 4.99 Å². The summed E-state index contributed by atoms with van der Waals surface area (Å²) >= 11 is 7.55. The van der Waals surface area contributed by atoms with Gasteiger partial charge in [0.05, 0.1) is 18.3 Å². The van der Waals surface area contributed by atoms with Gasteiger partial charge in [-0.3, -0.25) is 14.7 Å². The van der Waals surface area contributed by atoms with Crippen LogP contribution >= 0.6 is 23.4 Å². The van der Waals surface area contributed by atoms with Crippen molar-refractivity contribution in [1.82, 2.24) is 4.98 Å². The Morgan fingerprint density at radius 1 is 1.36 bits per heavy atom. The predicted molar refractivity (Wildman–Crippen MR) is 103 cm³/mol. The van der Waals surface area contributed by atoms with Gasteiger partial charge in [0, 0.05) is 17.0 Å². The molecule has 0 unspecified atom stereocenters. The number of aliphatic imine (C=N–C) groups is 1. The third-order valence-electron chi connectivity index (χ3n) is 3.55. The Bertz CT molecular complexity index is 795. The van der Waals surface area contributed by atoms with Gasteiger partial charge in [-0.15, -0.1) is 0 Å². The van der Waals surface area contributed by atoms with E-state index in [9.17, 15) is 4.79 Å². The molecule has 130 valence electrons. The zero-order valence-electron chi connectivity index (χ0n) is 14.0. The van der Waals surface area contributed by atoms with Gasteiger partial charge in [0.2, 0.25) is 5.88 Å². The molecule has 1 aliphatic heterocycles. The normalized spacial score (nSPS) is 16.4. The summed E-state index contributed by atoms with van der Waals surface area (Å²) in [5, 5.41) is 1.29. The maximum absolute atomic E-state index is 13.3. The van der Waals surface area contributed by atoms with E-state index in [2.05, 4.69) is 9.98 Å². The summed E-state index contributed by atoms with van der Waals surface area (Å²) in [5.74, 6) is 0.947. The molecule has 0 bridgehead atoms. The number of nitrogens with zero attached hydrogens (tertiary/aromatic N) is 3. The molecule has 3 rings (SSSR count). The number of aromatic nitrogens is 1. The molecule has 2 aromatic rings. The van der Waals surface area contributed by atoms with Gasteiger partial charge in [-0.05, 0) is 50.2 Å². The molecule has 1 aromatic carbocycles. The minimum Gasteiger partial charge on any atom is -0.477 e. The Kier molecular flexibility index (Phi) is 5.60. The molecule has 7 heteroatoms. The summed E-state index contributed by atoms with van der Waals surface area (Å²) < 4.78 is 5.52. The number of benzene rings is 1. The third-order valence-corrected chi connectivity index (χ3v) is 4.99. The number of carbonyl (C=O) groups excluding carboxylic acids is 1. The number of amides is 1. The minimum absolute atomic E-state index is 0.169. The smallest absolute Gasteiger partial charge is 0.269 e. The second-order valence-corrected chi connectivity index (χ2v) is 6.90. The highest BCUT2D eigenvalue weighted by atomic mass is 35.5. The van der Waals surface area contributed by atoms with Crippen molar-refractivity contribution < 1.29 is 9.53 Å². The molecular formula is C18H18ClN3O2S. The molecule has 0 spiro atoms. The first-order valence-corrected chi connectivity index (χ1v) is 9.35. The molecule has 1 aromatic heterocycles. The molecule has 0 fully saturated rings. The number of ether oxygens (including phenoxy) is 1. The summed E-state index contributed by atoms with van der Waals surface area (Å²) in [4.78, 5) is 23.7. The van der Waals surface area contributed by atoms with Gasteiger partial charge < -0.3 is 4.74 Å². The number of hydrogen-bond donors (Lipinski definition) is 0. The van der Waals surface area contributed by atoms with Crippen LogP contribution in [0.1, 0.15) is 24.2 Å². The largest absolute Gasteiger partial charge is 0.477 e. The van der Waals surface area contributed by atoms with Gasteiger partial charge in [0.25, 0.3) is 5.91 Å². The summed E-state index contributed by atoms with van der Waals surface area (Å²) in [7, 11) is 0. The van der Waals surface area contributed by atoms with Crippen molar-refractivity contribution in [3.05, 3.63) is 53.2 Å². The van der Waals surface area contributed by atoms with Crippen LogP contribution in [0, 0.1) is 0 Å². The molecule has 1 aliphatic rings. The van der Waals surface area contributed by atoms with Crippen LogP contribution in [-0.2, 0) is 0 Å². The first-order chi connectivity index (χ1) is 12.1. The van der Waals surface area contributed by atoms with Crippen molar-refractivity contribution in [1.29, 1.82) is 0 Å². The van der Waals surface area contributed by atoms with Crippen LogP contribution in [0.4, 0.5) is 5.69 Å². The van der Waals surface area contributed by atoms with Crippen LogP contribution in [0.3, 0.4) is 0 Å². The number of thioether (sulfide) groups is 1. The lowest BCUT2D eigenvalue weighted by Gasteiger charge is -2.23. The van der Waals surface area contributed by atoms with E-state index in [1.54, 1.807) is 47.1 Å². The molecule has 0 radical (unpaired) electrons. The van der Waals surface area contributed by atoms with Crippen LogP contribution < -0.4 is 9.64 Å². The number of hydrogen-bond acceptors (Lipinski definition) is 5. The molecule has 0 saturated heterocycles. The molecule has 0 aliphatic carbocycles. The van der Waals surface area contributed by atoms with Crippen LogP contribution in [0.15, 0.2) is 47.6 Å². The summed E-state index contributed by atoms with van der Waals surface area (Å²) in [6.07, 6.45) is 1.61. The minimum atomic E-state index is -0.223. The van der Waals surface area contributed by atoms with Gasteiger partial charge in [0.15, 0.2) is 5.17 Å². The maximum Gasteiger partial charge on any atom is 0.269 e. The highest BCUT2D eigenvalue weighted by Gasteiger charge is 2.29. The van der Waals surface area contributed by atoms with Gasteiger partial charge in [-0.1, -0.05) is 23.4 Å². The number of amidine groups is 1. The Labute approximate surface area is 156 Å². The molecule has 0 N–H and O–H groups in total. The maximum atomic E-state index is 13.3. The first-order valence-electron chi connectivity index (χ1n) is 7.98. The molecule has 0 saturated carbocycles. The van der Waals surface area contributed by atoms with Crippen LogP contribution in [-0.4, -0.2) is 34.5 Å². The summed E-state index contributed by atoms with van der Waals surface area (Å²) in [6.45, 7) is 4.32. The third kappa shape index (κ3) is 3.96. The Morgan fingerprint density at radius 2 is 2.12 bits per heavy atom. The zero-order valence-corrected chi connectivity index (χ0v) is 15.5. The monoisotopic (exact) mass is 375 g/mol. The highest BCUT2D eigenvalue weighted by molar-refractivity contribution is 8.14. The second kappa shape index (κ2) is 7.89. The van der Waals surface area contributed by atoms with Gasteiger partial charge in [-0.25, -0.2) is 4.98 Å². The Morgan fingerprint density at radius 3 is 2.76 bits per heavy atom. The van der Waals surface area contributed by atoms with Gasteiger partial charge in [0.1, 0.15) is 5.56 Å². The van der Waals surface area contributed by atoms with E-state index in [0.29, 0.717) is 33.9 Å². The SMILES string of the molecule is CCOc1ncccc1C(=O)N(C1=N[C@H](C)CS1)c1ccc(Cl)cc1. The standard InChI is InChI=1S/C18H18ClN3O2S/c1-3-24-16-15(5-4-10-20-16)17(23)22(18-21-12(2)11-25-18)14-8-6-13(19)7-9-14/h4-10,12H,3,11H2,1-2H3/t12-/m1/s1. The van der Waals surface area contributed by atoms with E-state index in [1.165, 1.54) is 0 Å². The number of anilines is 1. The van der Waals surface area contributed by atoms with Crippen molar-refractivity contribution in [2.45, 2.75) is 19.9 Å². The van der Waals surface area contributed by atoms with Crippen LogP contribution in [0.5, 0.6) is 5.88 Å². The Balaban J connectivity index is 2.04. The zero-order chi connectivity index (χ0) is 17.8. The second-order valence-electron chi connectivity index (χ2n) is 5.48. The van der Waals surface area contributed by atoms with E-state index in [1.807, 2.05) is 26.0 Å². The van der Waals surface area contributed by atoms with Gasteiger partial charge >= 0.3 is 0 Å². The number of rotatable bonds is 4. The van der Waals surface area contributed by atoms with E-state index < -0.39 is 0 Å². The fraction of sp³-hybridized carbons (Fsp3) is 0.278. The number of pyridine rings is 1.